The second kappa shape index (κ2) is 4.61. The van der Waals surface area contributed by atoms with Crippen LogP contribution in [-0.4, -0.2) is 36.5 Å². The third-order valence-electron chi connectivity index (χ3n) is 3.06. The lowest BCUT2D eigenvalue weighted by Gasteiger charge is -2.26. The van der Waals surface area contributed by atoms with E-state index in [9.17, 15) is 10.2 Å². The second-order valence-corrected chi connectivity index (χ2v) is 4.03. The molecule has 1 unspecified atom stereocenters. The lowest BCUT2D eigenvalue weighted by molar-refractivity contribution is 0.266. The zero-order valence-corrected chi connectivity index (χ0v) is 9.39. The van der Waals surface area contributed by atoms with E-state index < -0.39 is 0 Å². The number of rotatable bonds is 3. The maximum atomic E-state index is 9.51. The van der Waals surface area contributed by atoms with Gasteiger partial charge in [-0.05, 0) is 25.0 Å². The number of anilines is 1. The number of aromatic hydroxyl groups is 1. The summed E-state index contributed by atoms with van der Waals surface area (Å²) in [5, 5.41) is 18.8. The van der Waals surface area contributed by atoms with Gasteiger partial charge in [-0.3, -0.25) is 0 Å². The Morgan fingerprint density at radius 2 is 2.31 bits per heavy atom. The van der Waals surface area contributed by atoms with Crippen LogP contribution in [0, 0.1) is 0 Å². The normalized spacial score (nSPS) is 20.1. The molecule has 0 aliphatic carbocycles. The molecular weight excluding hydrogens is 206 g/mol. The maximum Gasteiger partial charge on any atom is 0.142 e. The highest BCUT2D eigenvalue weighted by atomic mass is 16.5. The van der Waals surface area contributed by atoms with E-state index in [1.54, 1.807) is 25.3 Å². The summed E-state index contributed by atoms with van der Waals surface area (Å²) < 4.78 is 5.27. The fraction of sp³-hybridized carbons (Fsp3) is 0.500. The van der Waals surface area contributed by atoms with Gasteiger partial charge in [0, 0.05) is 12.6 Å². The number of hydrogen-bond acceptors (Lipinski definition) is 4. The molecule has 1 fully saturated rings. The second-order valence-electron chi connectivity index (χ2n) is 4.03. The number of nitrogens with zero attached hydrogens (tertiary/aromatic N) is 1. The van der Waals surface area contributed by atoms with Crippen LogP contribution >= 0.6 is 0 Å². The summed E-state index contributed by atoms with van der Waals surface area (Å²) in [4.78, 5) is 2.10. The number of benzene rings is 1. The Balaban J connectivity index is 2.34. The van der Waals surface area contributed by atoms with Gasteiger partial charge in [-0.15, -0.1) is 0 Å². The van der Waals surface area contributed by atoms with Crippen LogP contribution in [0.2, 0.25) is 0 Å². The van der Waals surface area contributed by atoms with Crippen molar-refractivity contribution in [1.29, 1.82) is 0 Å². The molecule has 1 aliphatic heterocycles. The minimum atomic E-state index is 0.135. The maximum absolute atomic E-state index is 9.51. The number of hydrogen-bond donors (Lipinski definition) is 2. The van der Waals surface area contributed by atoms with E-state index in [0.717, 1.165) is 30.8 Å². The van der Waals surface area contributed by atoms with Gasteiger partial charge >= 0.3 is 0 Å². The largest absolute Gasteiger partial charge is 0.508 e. The van der Waals surface area contributed by atoms with Crippen LogP contribution in [0.15, 0.2) is 18.2 Å². The van der Waals surface area contributed by atoms with E-state index in [-0.39, 0.29) is 18.4 Å². The zero-order chi connectivity index (χ0) is 11.5. The molecule has 16 heavy (non-hydrogen) atoms. The van der Waals surface area contributed by atoms with E-state index in [1.807, 2.05) is 0 Å². The fourth-order valence-electron chi connectivity index (χ4n) is 2.25. The van der Waals surface area contributed by atoms with Gasteiger partial charge in [0.25, 0.3) is 0 Å². The Labute approximate surface area is 95.1 Å². The van der Waals surface area contributed by atoms with E-state index in [0.29, 0.717) is 0 Å². The number of phenolic OH excluding ortho intramolecular Hbond substituents is 1. The summed E-state index contributed by atoms with van der Waals surface area (Å²) in [6.07, 6.45) is 2.04. The predicted octanol–water partition coefficient (Wildman–Crippen LogP) is 1.36. The Morgan fingerprint density at radius 3 is 3.00 bits per heavy atom. The van der Waals surface area contributed by atoms with Crippen molar-refractivity contribution in [2.24, 2.45) is 0 Å². The van der Waals surface area contributed by atoms with Gasteiger partial charge in [0.1, 0.15) is 11.5 Å². The summed E-state index contributed by atoms with van der Waals surface area (Å²) in [7, 11) is 1.61. The van der Waals surface area contributed by atoms with E-state index >= 15 is 0 Å². The SMILES string of the molecule is COc1ccc(O)cc1N1CCCC1CO. The average molecular weight is 223 g/mol. The molecule has 0 aromatic heterocycles. The summed E-state index contributed by atoms with van der Waals surface area (Å²) >= 11 is 0. The standard InChI is InChI=1S/C12H17NO3/c1-16-12-5-4-10(15)7-11(12)13-6-2-3-9(13)8-14/h4-5,7,9,14-15H,2-3,6,8H2,1H3. The zero-order valence-electron chi connectivity index (χ0n) is 9.39. The average Bonchev–Trinajstić information content (AvgIpc) is 2.76. The van der Waals surface area contributed by atoms with Gasteiger partial charge in [-0.25, -0.2) is 0 Å². The Hall–Kier alpha value is -1.42. The van der Waals surface area contributed by atoms with Crippen LogP contribution in [0.3, 0.4) is 0 Å². The van der Waals surface area contributed by atoms with Gasteiger partial charge in [0.2, 0.25) is 0 Å². The number of aliphatic hydroxyl groups is 1. The Kier molecular flexibility index (Phi) is 3.19. The third-order valence-corrected chi connectivity index (χ3v) is 3.06. The summed E-state index contributed by atoms with van der Waals surface area (Å²) in [5.74, 6) is 0.956. The number of methoxy groups -OCH3 is 1. The molecule has 4 heteroatoms. The van der Waals surface area contributed by atoms with Crippen LogP contribution in [0.1, 0.15) is 12.8 Å². The molecule has 0 spiro atoms. The molecule has 1 aromatic rings. The highest BCUT2D eigenvalue weighted by Gasteiger charge is 2.26. The molecule has 2 N–H and O–H groups in total. The van der Waals surface area contributed by atoms with Crippen molar-refractivity contribution in [2.45, 2.75) is 18.9 Å². The molecule has 2 rings (SSSR count). The van der Waals surface area contributed by atoms with Gasteiger partial charge in [-0.1, -0.05) is 0 Å². The number of aliphatic hydroxyl groups excluding tert-OH is 1. The van der Waals surface area contributed by atoms with Crippen molar-refractivity contribution in [2.75, 3.05) is 25.2 Å². The van der Waals surface area contributed by atoms with Crippen molar-refractivity contribution in [3.05, 3.63) is 18.2 Å². The van der Waals surface area contributed by atoms with Crippen LogP contribution in [0.25, 0.3) is 0 Å². The molecular formula is C12H17NO3. The highest BCUT2D eigenvalue weighted by molar-refractivity contribution is 5.62. The first kappa shape index (κ1) is 11.1. The molecule has 1 atom stereocenters. The van der Waals surface area contributed by atoms with E-state index in [4.69, 9.17) is 4.74 Å². The van der Waals surface area contributed by atoms with Crippen molar-refractivity contribution >= 4 is 5.69 Å². The van der Waals surface area contributed by atoms with Crippen molar-refractivity contribution in [1.82, 2.24) is 0 Å². The fourth-order valence-corrected chi connectivity index (χ4v) is 2.25. The van der Waals surface area contributed by atoms with Gasteiger partial charge < -0.3 is 19.8 Å². The molecule has 0 saturated carbocycles. The molecule has 88 valence electrons. The first-order valence-corrected chi connectivity index (χ1v) is 5.50. The molecule has 1 heterocycles. The monoisotopic (exact) mass is 223 g/mol. The highest BCUT2D eigenvalue weighted by Crippen LogP contribution is 2.35. The lowest BCUT2D eigenvalue weighted by Crippen LogP contribution is -2.32. The summed E-state index contributed by atoms with van der Waals surface area (Å²) in [6, 6.07) is 5.17. The first-order chi connectivity index (χ1) is 7.76. The van der Waals surface area contributed by atoms with Crippen LogP contribution in [0.4, 0.5) is 5.69 Å². The van der Waals surface area contributed by atoms with Crippen molar-refractivity contribution in [3.63, 3.8) is 0 Å². The molecule has 0 radical (unpaired) electrons. The molecule has 0 amide bonds. The lowest BCUT2D eigenvalue weighted by atomic mass is 10.2. The molecule has 1 aliphatic rings. The van der Waals surface area contributed by atoms with Crippen LogP contribution < -0.4 is 9.64 Å². The third kappa shape index (κ3) is 1.93. The molecule has 0 bridgehead atoms. The predicted molar refractivity (Wildman–Crippen MR) is 62.1 cm³/mol. The minimum Gasteiger partial charge on any atom is -0.508 e. The van der Waals surface area contributed by atoms with Crippen LogP contribution in [-0.2, 0) is 0 Å². The quantitative estimate of drug-likeness (QED) is 0.812. The topological polar surface area (TPSA) is 52.9 Å². The first-order valence-electron chi connectivity index (χ1n) is 5.50. The summed E-state index contributed by atoms with van der Waals surface area (Å²) in [5.41, 5.74) is 0.860. The molecule has 4 nitrogen and oxygen atoms in total. The van der Waals surface area contributed by atoms with E-state index in [1.165, 1.54) is 0 Å². The van der Waals surface area contributed by atoms with Gasteiger partial charge in [-0.2, -0.15) is 0 Å². The van der Waals surface area contributed by atoms with Crippen molar-refractivity contribution in [3.8, 4) is 11.5 Å². The smallest absolute Gasteiger partial charge is 0.142 e. The van der Waals surface area contributed by atoms with Gasteiger partial charge in [0.05, 0.1) is 25.4 Å². The summed E-state index contributed by atoms with van der Waals surface area (Å²) in [6.45, 7) is 1.03. The molecule has 1 saturated heterocycles. The number of phenols is 1. The van der Waals surface area contributed by atoms with E-state index in [2.05, 4.69) is 4.90 Å². The Bertz CT molecular complexity index is 367. The van der Waals surface area contributed by atoms with Crippen molar-refractivity contribution < 1.29 is 14.9 Å². The minimum absolute atomic E-state index is 0.135. The number of ether oxygens (including phenoxy) is 1. The van der Waals surface area contributed by atoms with Gasteiger partial charge in [0.15, 0.2) is 0 Å². The Morgan fingerprint density at radius 1 is 1.50 bits per heavy atom. The van der Waals surface area contributed by atoms with Crippen LogP contribution in [0.5, 0.6) is 11.5 Å². The molecule has 1 aromatic carbocycles.